The Kier molecular flexibility index (Phi) is 4.53. The maximum absolute atomic E-state index is 12.2. The minimum Gasteiger partial charge on any atom is -0.345 e. The molecule has 0 aliphatic rings. The zero-order valence-corrected chi connectivity index (χ0v) is 12.0. The third kappa shape index (κ3) is 3.06. The van der Waals surface area contributed by atoms with Crippen molar-refractivity contribution < 1.29 is 4.79 Å². The lowest BCUT2D eigenvalue weighted by Gasteiger charge is -2.14. The number of hydrogen-bond donors (Lipinski definition) is 1. The van der Waals surface area contributed by atoms with E-state index in [9.17, 15) is 4.79 Å². The second kappa shape index (κ2) is 6.35. The van der Waals surface area contributed by atoms with Crippen LogP contribution in [0, 0.1) is 0 Å². The topological polar surface area (TPSA) is 46.3 Å². The minimum absolute atomic E-state index is 0.0200. The van der Waals surface area contributed by atoms with Gasteiger partial charge in [-0.1, -0.05) is 42.5 Å². The van der Waals surface area contributed by atoms with Gasteiger partial charge in [0, 0.05) is 19.7 Å². The van der Waals surface area contributed by atoms with Crippen molar-refractivity contribution in [2.45, 2.75) is 6.42 Å². The molecule has 0 spiro atoms. The van der Waals surface area contributed by atoms with Crippen LogP contribution in [-0.4, -0.2) is 31.4 Å². The van der Waals surface area contributed by atoms with Crippen molar-refractivity contribution in [2.75, 3.05) is 20.6 Å². The molecule has 2 N–H and O–H groups in total. The van der Waals surface area contributed by atoms with E-state index >= 15 is 0 Å². The Bertz CT molecular complexity index is 588. The SMILES string of the molecule is CN(C)C(=O)c1ccccc1-c1ccc(CCN)cc1. The zero-order valence-electron chi connectivity index (χ0n) is 12.0. The summed E-state index contributed by atoms with van der Waals surface area (Å²) in [5.41, 5.74) is 9.51. The van der Waals surface area contributed by atoms with Crippen molar-refractivity contribution in [3.8, 4) is 11.1 Å². The lowest BCUT2D eigenvalue weighted by Crippen LogP contribution is -2.22. The molecule has 0 saturated heterocycles. The second-order valence-electron chi connectivity index (χ2n) is 4.98. The summed E-state index contributed by atoms with van der Waals surface area (Å²) < 4.78 is 0. The highest BCUT2D eigenvalue weighted by molar-refractivity contribution is 6.00. The average Bonchev–Trinajstić information content (AvgIpc) is 2.47. The maximum Gasteiger partial charge on any atom is 0.253 e. The van der Waals surface area contributed by atoms with E-state index in [-0.39, 0.29) is 5.91 Å². The molecule has 0 heterocycles. The van der Waals surface area contributed by atoms with E-state index in [4.69, 9.17) is 5.73 Å². The molecule has 104 valence electrons. The highest BCUT2D eigenvalue weighted by atomic mass is 16.2. The van der Waals surface area contributed by atoms with Crippen LogP contribution >= 0.6 is 0 Å². The minimum atomic E-state index is 0.0200. The van der Waals surface area contributed by atoms with Gasteiger partial charge < -0.3 is 10.6 Å². The van der Waals surface area contributed by atoms with E-state index in [2.05, 4.69) is 12.1 Å². The maximum atomic E-state index is 12.2. The molecular weight excluding hydrogens is 248 g/mol. The first kappa shape index (κ1) is 14.3. The summed E-state index contributed by atoms with van der Waals surface area (Å²) in [5, 5.41) is 0. The Morgan fingerprint density at radius 3 is 2.30 bits per heavy atom. The van der Waals surface area contributed by atoms with Crippen molar-refractivity contribution in [1.29, 1.82) is 0 Å². The summed E-state index contributed by atoms with van der Waals surface area (Å²) in [7, 11) is 3.53. The highest BCUT2D eigenvalue weighted by Gasteiger charge is 2.13. The van der Waals surface area contributed by atoms with Crippen LogP contribution in [0.4, 0.5) is 0 Å². The van der Waals surface area contributed by atoms with E-state index in [1.54, 1.807) is 19.0 Å². The van der Waals surface area contributed by atoms with Crippen LogP contribution in [0.1, 0.15) is 15.9 Å². The van der Waals surface area contributed by atoms with Gasteiger partial charge in [0.15, 0.2) is 0 Å². The van der Waals surface area contributed by atoms with Gasteiger partial charge in [-0.05, 0) is 35.7 Å². The van der Waals surface area contributed by atoms with Crippen LogP contribution in [0.25, 0.3) is 11.1 Å². The fraction of sp³-hybridized carbons (Fsp3) is 0.235. The van der Waals surface area contributed by atoms with E-state index in [1.807, 2.05) is 36.4 Å². The van der Waals surface area contributed by atoms with Crippen molar-refractivity contribution >= 4 is 5.91 Å². The van der Waals surface area contributed by atoms with E-state index in [0.29, 0.717) is 6.54 Å². The molecule has 0 aliphatic carbocycles. The van der Waals surface area contributed by atoms with Crippen molar-refractivity contribution in [1.82, 2.24) is 4.90 Å². The van der Waals surface area contributed by atoms with Gasteiger partial charge in [-0.15, -0.1) is 0 Å². The van der Waals surface area contributed by atoms with Gasteiger partial charge in [0.2, 0.25) is 0 Å². The third-order valence-corrected chi connectivity index (χ3v) is 3.26. The quantitative estimate of drug-likeness (QED) is 0.926. The molecule has 2 rings (SSSR count). The predicted molar refractivity (Wildman–Crippen MR) is 82.7 cm³/mol. The molecule has 1 amide bonds. The predicted octanol–water partition coefficient (Wildman–Crippen LogP) is 2.56. The number of hydrogen-bond acceptors (Lipinski definition) is 2. The Balaban J connectivity index is 2.39. The monoisotopic (exact) mass is 268 g/mol. The van der Waals surface area contributed by atoms with Gasteiger partial charge in [0.05, 0.1) is 0 Å². The molecule has 2 aromatic rings. The van der Waals surface area contributed by atoms with E-state index in [1.165, 1.54) is 5.56 Å². The van der Waals surface area contributed by atoms with Crippen LogP contribution in [0.2, 0.25) is 0 Å². The molecule has 0 saturated carbocycles. The second-order valence-corrected chi connectivity index (χ2v) is 4.98. The fourth-order valence-corrected chi connectivity index (χ4v) is 2.18. The Morgan fingerprint density at radius 1 is 1.05 bits per heavy atom. The summed E-state index contributed by atoms with van der Waals surface area (Å²) in [5.74, 6) is 0.0200. The summed E-state index contributed by atoms with van der Waals surface area (Å²) in [6.07, 6.45) is 0.874. The molecule has 0 fully saturated rings. The summed E-state index contributed by atoms with van der Waals surface area (Å²) in [6.45, 7) is 0.648. The molecular formula is C17H20N2O. The van der Waals surface area contributed by atoms with Crippen LogP contribution < -0.4 is 5.73 Å². The first-order chi connectivity index (χ1) is 9.63. The fourth-order valence-electron chi connectivity index (χ4n) is 2.18. The number of rotatable bonds is 4. The van der Waals surface area contributed by atoms with E-state index in [0.717, 1.165) is 23.1 Å². The number of amides is 1. The Labute approximate surface area is 120 Å². The summed E-state index contributed by atoms with van der Waals surface area (Å²) >= 11 is 0. The number of benzene rings is 2. The third-order valence-electron chi connectivity index (χ3n) is 3.26. The van der Waals surface area contributed by atoms with Crippen molar-refractivity contribution in [3.05, 3.63) is 59.7 Å². The average molecular weight is 268 g/mol. The van der Waals surface area contributed by atoms with Crippen LogP contribution in [-0.2, 0) is 6.42 Å². The molecule has 0 atom stereocenters. The summed E-state index contributed by atoms with van der Waals surface area (Å²) in [6, 6.07) is 15.9. The smallest absolute Gasteiger partial charge is 0.253 e. The number of carbonyl (C=O) groups excluding carboxylic acids is 1. The molecule has 0 aromatic heterocycles. The van der Waals surface area contributed by atoms with Crippen molar-refractivity contribution in [2.24, 2.45) is 5.73 Å². The van der Waals surface area contributed by atoms with Gasteiger partial charge in [-0.3, -0.25) is 4.79 Å². The first-order valence-electron chi connectivity index (χ1n) is 6.73. The van der Waals surface area contributed by atoms with Gasteiger partial charge >= 0.3 is 0 Å². The van der Waals surface area contributed by atoms with Gasteiger partial charge in [-0.2, -0.15) is 0 Å². The number of carbonyl (C=O) groups is 1. The molecule has 20 heavy (non-hydrogen) atoms. The molecule has 0 unspecified atom stereocenters. The van der Waals surface area contributed by atoms with Crippen LogP contribution in [0.5, 0.6) is 0 Å². The molecule has 3 nitrogen and oxygen atoms in total. The van der Waals surface area contributed by atoms with Gasteiger partial charge in [-0.25, -0.2) is 0 Å². The number of nitrogens with zero attached hydrogens (tertiary/aromatic N) is 1. The molecule has 0 radical (unpaired) electrons. The zero-order chi connectivity index (χ0) is 14.5. The van der Waals surface area contributed by atoms with Gasteiger partial charge in [0.1, 0.15) is 0 Å². The highest BCUT2D eigenvalue weighted by Crippen LogP contribution is 2.24. The standard InChI is InChI=1S/C17H20N2O/c1-19(2)17(20)16-6-4-3-5-15(16)14-9-7-13(8-10-14)11-12-18/h3-10H,11-12,18H2,1-2H3. The molecule has 0 aliphatic heterocycles. The van der Waals surface area contributed by atoms with Crippen LogP contribution in [0.15, 0.2) is 48.5 Å². The normalized spacial score (nSPS) is 10.3. The van der Waals surface area contributed by atoms with E-state index < -0.39 is 0 Å². The molecule has 2 aromatic carbocycles. The first-order valence-corrected chi connectivity index (χ1v) is 6.73. The lowest BCUT2D eigenvalue weighted by atomic mass is 9.97. The summed E-state index contributed by atoms with van der Waals surface area (Å²) in [4.78, 5) is 13.8. The Morgan fingerprint density at radius 2 is 1.70 bits per heavy atom. The molecule has 3 heteroatoms. The van der Waals surface area contributed by atoms with Crippen LogP contribution in [0.3, 0.4) is 0 Å². The Hall–Kier alpha value is -2.13. The van der Waals surface area contributed by atoms with Gasteiger partial charge in [0.25, 0.3) is 5.91 Å². The lowest BCUT2D eigenvalue weighted by molar-refractivity contribution is 0.0828. The van der Waals surface area contributed by atoms with Crippen molar-refractivity contribution in [3.63, 3.8) is 0 Å². The largest absolute Gasteiger partial charge is 0.345 e. The number of nitrogens with two attached hydrogens (primary N) is 1. The molecule has 0 bridgehead atoms.